The second kappa shape index (κ2) is 5.74. The van der Waals surface area contributed by atoms with Crippen LogP contribution in [0.25, 0.3) is 11.0 Å². The number of hydrogen-bond acceptors (Lipinski definition) is 2. The molecule has 5 heteroatoms. The van der Waals surface area contributed by atoms with Crippen LogP contribution in [0.15, 0.2) is 48.5 Å². The van der Waals surface area contributed by atoms with E-state index < -0.39 is 0 Å². The number of benzene rings is 2. The van der Waals surface area contributed by atoms with Gasteiger partial charge in [-0.05, 0) is 18.2 Å². The van der Waals surface area contributed by atoms with Gasteiger partial charge in [0.2, 0.25) is 5.91 Å². The number of para-hydroxylation sites is 2. The van der Waals surface area contributed by atoms with Crippen LogP contribution >= 0.6 is 0 Å². The predicted octanol–water partition coefficient (Wildman–Crippen LogP) is 3.17. The van der Waals surface area contributed by atoms with E-state index in [0.717, 1.165) is 16.9 Å². The Balaban J connectivity index is 1.82. The third-order valence-electron chi connectivity index (χ3n) is 4.68. The molecule has 1 saturated heterocycles. The quantitative estimate of drug-likeness (QED) is 0.742. The summed E-state index contributed by atoms with van der Waals surface area (Å²) < 4.78 is 16.2. The Morgan fingerprint density at radius 3 is 2.67 bits per heavy atom. The lowest BCUT2D eigenvalue weighted by Gasteiger charge is -2.14. The highest BCUT2D eigenvalue weighted by Gasteiger charge is 2.32. The van der Waals surface area contributed by atoms with Crippen molar-refractivity contribution in [2.75, 3.05) is 13.6 Å². The number of imidazole rings is 1. The van der Waals surface area contributed by atoms with Gasteiger partial charge in [-0.25, -0.2) is 9.37 Å². The van der Waals surface area contributed by atoms with Gasteiger partial charge in [0, 0.05) is 31.5 Å². The lowest BCUT2D eigenvalue weighted by atomic mass is 10.1. The van der Waals surface area contributed by atoms with Crippen molar-refractivity contribution in [3.05, 3.63) is 65.7 Å². The average Bonchev–Trinajstić information content (AvgIpc) is 3.11. The van der Waals surface area contributed by atoms with Crippen LogP contribution in [0.3, 0.4) is 0 Å². The third kappa shape index (κ3) is 2.46. The van der Waals surface area contributed by atoms with Crippen LogP contribution in [0.1, 0.15) is 23.7 Å². The van der Waals surface area contributed by atoms with Crippen LogP contribution in [-0.2, 0) is 11.3 Å². The van der Waals surface area contributed by atoms with Crippen molar-refractivity contribution in [1.29, 1.82) is 0 Å². The minimum Gasteiger partial charge on any atom is -0.345 e. The minimum absolute atomic E-state index is 0.0432. The monoisotopic (exact) mass is 323 g/mol. The molecule has 1 fully saturated rings. The number of fused-ring (bicyclic) bond motifs is 1. The Labute approximate surface area is 139 Å². The van der Waals surface area contributed by atoms with Crippen LogP contribution in [0.5, 0.6) is 0 Å². The molecule has 1 unspecified atom stereocenters. The number of carbonyl (C=O) groups is 1. The molecule has 0 aliphatic carbocycles. The van der Waals surface area contributed by atoms with E-state index in [1.54, 1.807) is 17.0 Å². The first-order valence-electron chi connectivity index (χ1n) is 8.06. The normalized spacial score (nSPS) is 17.8. The maximum Gasteiger partial charge on any atom is 0.223 e. The molecule has 1 aromatic heterocycles. The van der Waals surface area contributed by atoms with Crippen molar-refractivity contribution < 1.29 is 9.18 Å². The van der Waals surface area contributed by atoms with Crippen LogP contribution < -0.4 is 0 Å². The van der Waals surface area contributed by atoms with Gasteiger partial charge in [-0.3, -0.25) is 4.79 Å². The van der Waals surface area contributed by atoms with Crippen molar-refractivity contribution >= 4 is 16.9 Å². The van der Waals surface area contributed by atoms with E-state index >= 15 is 0 Å². The van der Waals surface area contributed by atoms with Gasteiger partial charge in [0.15, 0.2) is 0 Å². The van der Waals surface area contributed by atoms with Crippen molar-refractivity contribution in [3.63, 3.8) is 0 Å². The number of rotatable bonds is 3. The SMILES string of the molecule is CN1CC(c2nc3ccccc3n2Cc2ccccc2F)CC1=O. The van der Waals surface area contributed by atoms with Crippen molar-refractivity contribution in [3.8, 4) is 0 Å². The Morgan fingerprint density at radius 2 is 1.92 bits per heavy atom. The molecule has 24 heavy (non-hydrogen) atoms. The summed E-state index contributed by atoms with van der Waals surface area (Å²) in [6.07, 6.45) is 0.455. The van der Waals surface area contributed by atoms with E-state index in [2.05, 4.69) is 0 Å². The average molecular weight is 323 g/mol. The summed E-state index contributed by atoms with van der Waals surface area (Å²) in [6, 6.07) is 14.6. The molecule has 122 valence electrons. The number of aromatic nitrogens is 2. The first-order valence-corrected chi connectivity index (χ1v) is 8.06. The summed E-state index contributed by atoms with van der Waals surface area (Å²) in [5, 5.41) is 0. The maximum absolute atomic E-state index is 14.1. The van der Waals surface area contributed by atoms with Gasteiger partial charge in [-0.1, -0.05) is 30.3 Å². The molecule has 2 aromatic carbocycles. The van der Waals surface area contributed by atoms with Gasteiger partial charge in [-0.2, -0.15) is 0 Å². The topological polar surface area (TPSA) is 38.1 Å². The van der Waals surface area contributed by atoms with Crippen LogP contribution in [-0.4, -0.2) is 34.0 Å². The van der Waals surface area contributed by atoms with Crippen molar-refractivity contribution in [2.45, 2.75) is 18.9 Å². The summed E-state index contributed by atoms with van der Waals surface area (Å²) in [5.41, 5.74) is 2.48. The molecule has 2 heterocycles. The Hall–Kier alpha value is -2.69. The summed E-state index contributed by atoms with van der Waals surface area (Å²) in [7, 11) is 1.81. The zero-order valence-electron chi connectivity index (χ0n) is 13.4. The van der Waals surface area contributed by atoms with E-state index in [0.29, 0.717) is 25.1 Å². The fourth-order valence-corrected chi connectivity index (χ4v) is 3.41. The zero-order chi connectivity index (χ0) is 16.7. The predicted molar refractivity (Wildman–Crippen MR) is 90.2 cm³/mol. The lowest BCUT2D eigenvalue weighted by molar-refractivity contribution is -0.126. The third-order valence-corrected chi connectivity index (χ3v) is 4.68. The minimum atomic E-state index is -0.221. The van der Waals surface area contributed by atoms with E-state index in [4.69, 9.17) is 4.98 Å². The van der Waals surface area contributed by atoms with Gasteiger partial charge in [0.25, 0.3) is 0 Å². The number of amides is 1. The number of hydrogen-bond donors (Lipinski definition) is 0. The first kappa shape index (κ1) is 14.9. The fraction of sp³-hybridized carbons (Fsp3) is 0.263. The molecule has 1 aliphatic heterocycles. The van der Waals surface area contributed by atoms with Crippen LogP contribution in [0.2, 0.25) is 0 Å². The molecule has 1 atom stereocenters. The van der Waals surface area contributed by atoms with Gasteiger partial charge in [0.1, 0.15) is 11.6 Å². The van der Waals surface area contributed by atoms with Crippen molar-refractivity contribution in [2.24, 2.45) is 0 Å². The summed E-state index contributed by atoms with van der Waals surface area (Å²) >= 11 is 0. The Bertz CT molecular complexity index is 918. The lowest BCUT2D eigenvalue weighted by Crippen LogP contribution is -2.19. The number of carbonyl (C=O) groups excluding carboxylic acids is 1. The molecule has 1 aliphatic rings. The zero-order valence-corrected chi connectivity index (χ0v) is 13.4. The molecule has 0 N–H and O–H groups in total. The van der Waals surface area contributed by atoms with Gasteiger partial charge >= 0.3 is 0 Å². The standard InChI is InChI=1S/C19H18FN3O/c1-22-11-14(10-18(22)24)19-21-16-8-4-5-9-17(16)23(19)12-13-6-2-3-7-15(13)20/h2-9,14H,10-12H2,1H3. The van der Waals surface area contributed by atoms with Crippen molar-refractivity contribution in [1.82, 2.24) is 14.5 Å². The molecule has 0 bridgehead atoms. The molecule has 3 aromatic rings. The highest BCUT2D eigenvalue weighted by atomic mass is 19.1. The van der Waals surface area contributed by atoms with E-state index in [1.807, 2.05) is 41.9 Å². The maximum atomic E-state index is 14.1. The summed E-state index contributed by atoms with van der Waals surface area (Å²) in [6.45, 7) is 1.07. The highest BCUT2D eigenvalue weighted by molar-refractivity contribution is 5.80. The molecule has 4 rings (SSSR count). The summed E-state index contributed by atoms with van der Waals surface area (Å²) in [5.74, 6) is 0.809. The van der Waals surface area contributed by atoms with E-state index in [9.17, 15) is 9.18 Å². The molecule has 1 amide bonds. The second-order valence-corrected chi connectivity index (χ2v) is 6.31. The second-order valence-electron chi connectivity index (χ2n) is 6.31. The molecule has 4 nitrogen and oxygen atoms in total. The summed E-state index contributed by atoms with van der Waals surface area (Å²) in [4.78, 5) is 18.4. The first-order chi connectivity index (χ1) is 11.6. The van der Waals surface area contributed by atoms with E-state index in [1.165, 1.54) is 6.07 Å². The molecular formula is C19H18FN3O. The van der Waals surface area contributed by atoms with Gasteiger partial charge in [-0.15, -0.1) is 0 Å². The molecular weight excluding hydrogens is 305 g/mol. The number of halogens is 1. The number of likely N-dealkylation sites (tertiary alicyclic amines) is 1. The Morgan fingerprint density at radius 1 is 1.17 bits per heavy atom. The largest absolute Gasteiger partial charge is 0.345 e. The Kier molecular flexibility index (Phi) is 3.56. The molecule has 0 spiro atoms. The number of likely N-dealkylation sites (N-methyl/N-ethyl adjacent to an activating group) is 1. The van der Waals surface area contributed by atoms with Crippen LogP contribution in [0, 0.1) is 5.82 Å². The molecule has 0 radical (unpaired) electrons. The van der Waals surface area contributed by atoms with Crippen LogP contribution in [0.4, 0.5) is 4.39 Å². The fourth-order valence-electron chi connectivity index (χ4n) is 3.41. The van der Waals surface area contributed by atoms with E-state index in [-0.39, 0.29) is 17.6 Å². The smallest absolute Gasteiger partial charge is 0.223 e. The van der Waals surface area contributed by atoms with Gasteiger partial charge in [0.05, 0.1) is 17.6 Å². The number of nitrogens with zero attached hydrogens (tertiary/aromatic N) is 3. The molecule has 0 saturated carbocycles. The van der Waals surface area contributed by atoms with Gasteiger partial charge < -0.3 is 9.47 Å². The highest BCUT2D eigenvalue weighted by Crippen LogP contribution is 2.30.